The van der Waals surface area contributed by atoms with Gasteiger partial charge in [-0.3, -0.25) is 4.98 Å². The van der Waals surface area contributed by atoms with E-state index in [-0.39, 0.29) is 16.3 Å². The summed E-state index contributed by atoms with van der Waals surface area (Å²) in [6.45, 7) is 1.49. The number of aromatic nitrogens is 1. The number of hydrogen-bond acceptors (Lipinski definition) is 4. The number of halogens is 3. The van der Waals surface area contributed by atoms with Gasteiger partial charge in [-0.2, -0.15) is 13.2 Å². The summed E-state index contributed by atoms with van der Waals surface area (Å²) in [7, 11) is -6.66. The Kier molecular flexibility index (Phi) is 4.90. The molecule has 124 valence electrons. The Bertz CT molecular complexity index is 831. The van der Waals surface area contributed by atoms with Gasteiger partial charge in [-0.05, 0) is 24.3 Å². The van der Waals surface area contributed by atoms with Crippen molar-refractivity contribution in [1.29, 1.82) is 0 Å². The molecule has 0 radical (unpaired) electrons. The summed E-state index contributed by atoms with van der Waals surface area (Å²) >= 11 is 0. The molecule has 0 fully saturated rings. The molecule has 2 aromatic rings. The summed E-state index contributed by atoms with van der Waals surface area (Å²) in [4.78, 5) is 3.61. The molecular formula is C14H12F3NO3S2. The van der Waals surface area contributed by atoms with Crippen molar-refractivity contribution in [3.8, 4) is 11.3 Å². The van der Waals surface area contributed by atoms with Crippen LogP contribution in [0, 0.1) is 0 Å². The number of benzene rings is 1. The summed E-state index contributed by atoms with van der Waals surface area (Å²) in [5.74, 6) is -0.123. The largest absolute Gasteiger partial charge is 0.475 e. The molecule has 0 aliphatic rings. The zero-order valence-electron chi connectivity index (χ0n) is 11.9. The lowest BCUT2D eigenvalue weighted by Gasteiger charge is -2.10. The second-order valence-electron chi connectivity index (χ2n) is 4.49. The number of sulfone groups is 1. The highest BCUT2D eigenvalue weighted by Gasteiger charge is 2.37. The van der Waals surface area contributed by atoms with Crippen LogP contribution in [-0.2, 0) is 20.6 Å². The maximum absolute atomic E-state index is 12.4. The average Bonchev–Trinajstić information content (AvgIpc) is 2.53. The number of pyridine rings is 1. The molecule has 2 rings (SSSR count). The number of hydrogen-bond donors (Lipinski definition) is 0. The molecule has 1 unspecified atom stereocenters. The molecule has 0 saturated heterocycles. The van der Waals surface area contributed by atoms with Crippen LogP contribution in [0.15, 0.2) is 52.4 Å². The predicted octanol–water partition coefficient (Wildman–Crippen LogP) is 3.17. The van der Waals surface area contributed by atoms with E-state index in [1.54, 1.807) is 0 Å². The first-order valence-electron chi connectivity index (χ1n) is 6.43. The molecule has 1 aromatic carbocycles. The van der Waals surface area contributed by atoms with Crippen molar-refractivity contribution in [1.82, 2.24) is 4.98 Å². The molecule has 1 heterocycles. The smallest absolute Gasteiger partial charge is 0.255 e. The number of alkyl halides is 3. The fourth-order valence-electron chi connectivity index (χ4n) is 1.88. The van der Waals surface area contributed by atoms with E-state index in [9.17, 15) is 25.8 Å². The lowest BCUT2D eigenvalue weighted by Crippen LogP contribution is -2.16. The fourth-order valence-corrected chi connectivity index (χ4v) is 3.60. The van der Waals surface area contributed by atoms with Gasteiger partial charge in [0.15, 0.2) is 20.6 Å². The Labute approximate surface area is 133 Å². The Morgan fingerprint density at radius 1 is 1.13 bits per heavy atom. The van der Waals surface area contributed by atoms with Gasteiger partial charge in [0.25, 0.3) is 0 Å². The third-order valence-electron chi connectivity index (χ3n) is 3.04. The van der Waals surface area contributed by atoms with Gasteiger partial charge in [-0.15, -0.1) is 0 Å². The molecule has 0 spiro atoms. The second-order valence-corrected chi connectivity index (χ2v) is 8.21. The first-order valence-corrected chi connectivity index (χ1v) is 9.24. The highest BCUT2D eigenvalue weighted by molar-refractivity contribution is 7.91. The molecule has 0 aliphatic carbocycles. The van der Waals surface area contributed by atoms with E-state index in [0.717, 1.165) is 12.1 Å². The highest BCUT2D eigenvalue weighted by Crippen LogP contribution is 2.30. The minimum absolute atomic E-state index is 0.00666. The minimum Gasteiger partial charge on any atom is -0.255 e. The molecule has 23 heavy (non-hydrogen) atoms. The van der Waals surface area contributed by atoms with Crippen LogP contribution in [0.25, 0.3) is 11.3 Å². The molecule has 1 aromatic heterocycles. The Morgan fingerprint density at radius 2 is 1.74 bits per heavy atom. The molecule has 4 nitrogen and oxygen atoms in total. The van der Waals surface area contributed by atoms with Crippen LogP contribution in [0.2, 0.25) is 0 Å². The summed E-state index contributed by atoms with van der Waals surface area (Å²) in [6.07, 6.45) is 1.39. The van der Waals surface area contributed by atoms with Gasteiger partial charge in [0, 0.05) is 16.7 Å². The zero-order chi connectivity index (χ0) is 17.3. The maximum Gasteiger partial charge on any atom is 0.475 e. The molecule has 0 N–H and O–H groups in total. The van der Waals surface area contributed by atoms with Crippen molar-refractivity contribution in [2.24, 2.45) is 0 Å². The van der Waals surface area contributed by atoms with Crippen LogP contribution in [-0.4, -0.2) is 28.9 Å². The molecule has 0 amide bonds. The second kappa shape index (κ2) is 6.40. The molecule has 0 saturated carbocycles. The third kappa shape index (κ3) is 3.78. The Morgan fingerprint density at radius 3 is 2.26 bits per heavy atom. The van der Waals surface area contributed by atoms with Crippen LogP contribution in [0.4, 0.5) is 13.2 Å². The topological polar surface area (TPSA) is 64.1 Å². The maximum atomic E-state index is 12.4. The van der Waals surface area contributed by atoms with E-state index in [2.05, 4.69) is 4.98 Å². The zero-order valence-corrected chi connectivity index (χ0v) is 13.5. The summed E-state index contributed by atoms with van der Waals surface area (Å²) in [6, 6.07) is 7.51. The normalized spacial score (nSPS) is 13.7. The van der Waals surface area contributed by atoms with Crippen LogP contribution >= 0.6 is 0 Å². The van der Waals surface area contributed by atoms with E-state index in [1.807, 2.05) is 0 Å². The van der Waals surface area contributed by atoms with E-state index in [1.165, 1.54) is 37.4 Å². The van der Waals surface area contributed by atoms with Gasteiger partial charge in [-0.25, -0.2) is 12.6 Å². The van der Waals surface area contributed by atoms with Gasteiger partial charge in [0.1, 0.15) is 0 Å². The first kappa shape index (κ1) is 17.6. The number of nitrogens with zero attached hydrogens (tertiary/aromatic N) is 1. The Balaban J connectivity index is 2.48. The van der Waals surface area contributed by atoms with Crippen molar-refractivity contribution < 1.29 is 25.8 Å². The van der Waals surface area contributed by atoms with Crippen molar-refractivity contribution in [2.45, 2.75) is 22.2 Å². The standard InChI is InChI=1S/C14H12F3NO3S2/c1-2-23(20,21)12-4-3-9-18-13(12)10-5-7-11(8-6-10)22(19)14(15,16)17/h3-9H,2H2,1H3. The molecule has 1 atom stereocenters. The van der Waals surface area contributed by atoms with E-state index in [4.69, 9.17) is 0 Å². The van der Waals surface area contributed by atoms with E-state index in [0.29, 0.717) is 5.56 Å². The predicted molar refractivity (Wildman–Crippen MR) is 79.9 cm³/mol. The number of rotatable bonds is 4. The molecule has 9 heteroatoms. The Hall–Kier alpha value is -1.74. The van der Waals surface area contributed by atoms with Gasteiger partial charge in [0.2, 0.25) is 0 Å². The summed E-state index contributed by atoms with van der Waals surface area (Å²) < 4.78 is 72.7. The summed E-state index contributed by atoms with van der Waals surface area (Å²) in [5.41, 5.74) is -4.36. The van der Waals surface area contributed by atoms with Gasteiger partial charge in [-0.1, -0.05) is 19.1 Å². The fraction of sp³-hybridized carbons (Fsp3) is 0.214. The van der Waals surface area contributed by atoms with Crippen LogP contribution in [0.5, 0.6) is 0 Å². The van der Waals surface area contributed by atoms with Crippen molar-refractivity contribution >= 4 is 20.6 Å². The van der Waals surface area contributed by atoms with Crippen LogP contribution in [0.1, 0.15) is 6.92 Å². The van der Waals surface area contributed by atoms with Crippen LogP contribution in [0.3, 0.4) is 0 Å². The van der Waals surface area contributed by atoms with Gasteiger partial charge in [0.05, 0.1) is 16.3 Å². The van der Waals surface area contributed by atoms with E-state index < -0.39 is 31.0 Å². The molecular weight excluding hydrogens is 351 g/mol. The van der Waals surface area contributed by atoms with Gasteiger partial charge < -0.3 is 0 Å². The first-order chi connectivity index (χ1) is 10.7. The van der Waals surface area contributed by atoms with Crippen molar-refractivity contribution in [3.05, 3.63) is 42.6 Å². The van der Waals surface area contributed by atoms with Gasteiger partial charge >= 0.3 is 5.51 Å². The minimum atomic E-state index is -4.84. The lowest BCUT2D eigenvalue weighted by atomic mass is 10.1. The highest BCUT2D eigenvalue weighted by atomic mass is 32.2. The average molecular weight is 363 g/mol. The van der Waals surface area contributed by atoms with Crippen molar-refractivity contribution in [2.75, 3.05) is 5.75 Å². The third-order valence-corrected chi connectivity index (χ3v) is 5.92. The summed E-state index contributed by atoms with van der Waals surface area (Å²) in [5, 5.41) is 0. The molecule has 0 aliphatic heterocycles. The van der Waals surface area contributed by atoms with Crippen LogP contribution < -0.4 is 0 Å². The van der Waals surface area contributed by atoms with E-state index >= 15 is 0 Å². The SMILES string of the molecule is CCS(=O)(=O)c1cccnc1-c1ccc(S(=O)C(F)(F)F)cc1. The monoisotopic (exact) mass is 363 g/mol. The quantitative estimate of drug-likeness (QED) is 0.837. The van der Waals surface area contributed by atoms with Crippen molar-refractivity contribution in [3.63, 3.8) is 0 Å². The lowest BCUT2D eigenvalue weighted by molar-refractivity contribution is -0.0384. The molecule has 0 bridgehead atoms.